The molecule has 140 valence electrons. The van der Waals surface area contributed by atoms with E-state index in [9.17, 15) is 9.90 Å². The second kappa shape index (κ2) is 8.22. The van der Waals surface area contributed by atoms with Crippen LogP contribution in [0.1, 0.15) is 29.7 Å². The summed E-state index contributed by atoms with van der Waals surface area (Å²) >= 11 is 1.26. The van der Waals surface area contributed by atoms with Gasteiger partial charge in [0.1, 0.15) is 5.75 Å². The lowest BCUT2D eigenvalue weighted by atomic mass is 10.0. The molecule has 27 heavy (non-hydrogen) atoms. The Morgan fingerprint density at radius 2 is 1.93 bits per heavy atom. The van der Waals surface area contributed by atoms with E-state index in [0.717, 1.165) is 5.56 Å². The Morgan fingerprint density at radius 3 is 2.63 bits per heavy atom. The van der Waals surface area contributed by atoms with Crippen molar-refractivity contribution in [3.05, 3.63) is 59.2 Å². The number of phenols is 1. The molecule has 1 amide bonds. The van der Waals surface area contributed by atoms with E-state index in [2.05, 4.69) is 46.8 Å². The number of aromatic nitrogens is 4. The van der Waals surface area contributed by atoms with Crippen LogP contribution in [0.25, 0.3) is 5.69 Å². The van der Waals surface area contributed by atoms with E-state index < -0.39 is 0 Å². The molecule has 0 radical (unpaired) electrons. The Morgan fingerprint density at radius 1 is 1.19 bits per heavy atom. The number of nitrogens with zero attached hydrogens (tertiary/aromatic N) is 4. The van der Waals surface area contributed by atoms with Crippen molar-refractivity contribution >= 4 is 17.7 Å². The number of benzene rings is 2. The van der Waals surface area contributed by atoms with Crippen molar-refractivity contribution in [1.82, 2.24) is 25.5 Å². The van der Waals surface area contributed by atoms with Gasteiger partial charge in [0, 0.05) is 0 Å². The number of tetrazole rings is 1. The molecule has 0 aliphatic heterocycles. The average molecular weight is 383 g/mol. The molecule has 1 atom stereocenters. The summed E-state index contributed by atoms with van der Waals surface area (Å²) < 4.78 is 1.53. The van der Waals surface area contributed by atoms with E-state index in [4.69, 9.17) is 0 Å². The molecular weight excluding hydrogens is 362 g/mol. The molecule has 0 aliphatic rings. The van der Waals surface area contributed by atoms with Crippen molar-refractivity contribution in [2.45, 2.75) is 32.0 Å². The normalized spacial score (nSPS) is 12.0. The number of rotatable bonds is 6. The molecule has 0 saturated carbocycles. The molecule has 2 aromatic carbocycles. The van der Waals surface area contributed by atoms with Crippen LogP contribution in [-0.4, -0.2) is 37.0 Å². The monoisotopic (exact) mass is 383 g/mol. The number of hydrogen-bond donors (Lipinski definition) is 2. The highest BCUT2D eigenvalue weighted by Crippen LogP contribution is 2.21. The predicted molar refractivity (Wildman–Crippen MR) is 104 cm³/mol. The van der Waals surface area contributed by atoms with Gasteiger partial charge < -0.3 is 10.4 Å². The maximum atomic E-state index is 12.3. The molecule has 3 aromatic rings. The van der Waals surface area contributed by atoms with Crippen molar-refractivity contribution in [2.24, 2.45) is 0 Å². The molecule has 2 N–H and O–H groups in total. The third kappa shape index (κ3) is 4.65. The molecule has 0 fully saturated rings. The van der Waals surface area contributed by atoms with Crippen LogP contribution in [0.3, 0.4) is 0 Å². The van der Waals surface area contributed by atoms with Gasteiger partial charge in [0.2, 0.25) is 11.1 Å². The van der Waals surface area contributed by atoms with Crippen LogP contribution in [0, 0.1) is 13.8 Å². The number of carbonyl (C=O) groups excluding carboxylic acids is 1. The van der Waals surface area contributed by atoms with E-state index in [-0.39, 0.29) is 23.5 Å². The molecule has 0 aliphatic carbocycles. The first kappa shape index (κ1) is 18.9. The van der Waals surface area contributed by atoms with Gasteiger partial charge in [-0.25, -0.2) is 0 Å². The summed E-state index contributed by atoms with van der Waals surface area (Å²) in [6.07, 6.45) is 0. The van der Waals surface area contributed by atoms with Gasteiger partial charge in [0.05, 0.1) is 17.5 Å². The first-order valence-electron chi connectivity index (χ1n) is 8.51. The van der Waals surface area contributed by atoms with E-state index in [0.29, 0.717) is 10.8 Å². The van der Waals surface area contributed by atoms with Gasteiger partial charge in [-0.1, -0.05) is 30.0 Å². The molecule has 1 aromatic heterocycles. The van der Waals surface area contributed by atoms with Crippen LogP contribution in [0.5, 0.6) is 5.75 Å². The molecule has 7 nitrogen and oxygen atoms in total. The van der Waals surface area contributed by atoms with Gasteiger partial charge in [-0.15, -0.1) is 5.10 Å². The highest BCUT2D eigenvalue weighted by Gasteiger charge is 2.14. The van der Waals surface area contributed by atoms with Crippen LogP contribution in [-0.2, 0) is 4.79 Å². The topological polar surface area (TPSA) is 92.9 Å². The molecule has 1 unspecified atom stereocenters. The summed E-state index contributed by atoms with van der Waals surface area (Å²) in [6.45, 7) is 6.09. The number of carbonyl (C=O) groups is 1. The van der Waals surface area contributed by atoms with E-state index >= 15 is 0 Å². The van der Waals surface area contributed by atoms with Crippen LogP contribution >= 0.6 is 11.8 Å². The van der Waals surface area contributed by atoms with Gasteiger partial charge in [-0.3, -0.25) is 4.79 Å². The Kier molecular flexibility index (Phi) is 5.75. The highest BCUT2D eigenvalue weighted by molar-refractivity contribution is 7.99. The molecular formula is C19H21N5O2S. The van der Waals surface area contributed by atoms with Crippen molar-refractivity contribution in [1.29, 1.82) is 0 Å². The maximum absolute atomic E-state index is 12.3. The van der Waals surface area contributed by atoms with Crippen molar-refractivity contribution in [2.75, 3.05) is 5.75 Å². The smallest absolute Gasteiger partial charge is 0.230 e. The highest BCUT2D eigenvalue weighted by atomic mass is 32.2. The van der Waals surface area contributed by atoms with Crippen LogP contribution in [0.2, 0.25) is 0 Å². The van der Waals surface area contributed by atoms with Crippen LogP contribution in [0.4, 0.5) is 0 Å². The summed E-state index contributed by atoms with van der Waals surface area (Å²) in [6, 6.07) is 12.6. The lowest BCUT2D eigenvalue weighted by Crippen LogP contribution is -2.28. The molecule has 0 saturated heterocycles. The second-order valence-corrected chi connectivity index (χ2v) is 7.25. The zero-order valence-electron chi connectivity index (χ0n) is 15.4. The Labute approximate surface area is 161 Å². The average Bonchev–Trinajstić information content (AvgIpc) is 3.11. The third-order valence-electron chi connectivity index (χ3n) is 4.28. The van der Waals surface area contributed by atoms with Crippen molar-refractivity contribution in [3.63, 3.8) is 0 Å². The number of aryl methyl sites for hydroxylation is 2. The van der Waals surface area contributed by atoms with E-state index in [1.165, 1.54) is 27.6 Å². The van der Waals surface area contributed by atoms with E-state index in [1.807, 2.05) is 13.0 Å². The first-order chi connectivity index (χ1) is 12.9. The fourth-order valence-corrected chi connectivity index (χ4v) is 3.26. The minimum absolute atomic E-state index is 0.0782. The zero-order valence-corrected chi connectivity index (χ0v) is 16.2. The number of hydrogen-bond acceptors (Lipinski definition) is 6. The molecule has 8 heteroatoms. The standard InChI is InChI=1S/C19H21N5O2S/c1-12-4-5-15(10-13(12)2)14(3)20-18(26)11-27-19-21-22-23-24(19)16-6-8-17(25)9-7-16/h4-10,14,25H,11H2,1-3H3,(H,20,26). The van der Waals surface area contributed by atoms with Gasteiger partial charge in [0.25, 0.3) is 0 Å². The quantitative estimate of drug-likeness (QED) is 0.636. The van der Waals surface area contributed by atoms with Crippen molar-refractivity contribution < 1.29 is 9.90 Å². The van der Waals surface area contributed by atoms with Gasteiger partial charge in [-0.05, 0) is 72.2 Å². The summed E-state index contributed by atoms with van der Waals surface area (Å²) in [5.74, 6) is 0.278. The molecule has 1 heterocycles. The lowest BCUT2D eigenvalue weighted by molar-refractivity contribution is -0.119. The van der Waals surface area contributed by atoms with E-state index in [1.54, 1.807) is 24.3 Å². The Hall–Kier alpha value is -2.87. The predicted octanol–water partition coefficient (Wildman–Crippen LogP) is 2.95. The second-order valence-electron chi connectivity index (χ2n) is 6.31. The molecule has 0 bridgehead atoms. The van der Waals surface area contributed by atoms with Gasteiger partial charge in [-0.2, -0.15) is 4.68 Å². The third-order valence-corrected chi connectivity index (χ3v) is 5.20. The number of aromatic hydroxyl groups is 1. The number of nitrogens with one attached hydrogen (secondary N) is 1. The Bertz CT molecular complexity index is 940. The zero-order chi connectivity index (χ0) is 19.4. The van der Waals surface area contributed by atoms with Gasteiger partial charge in [0.15, 0.2) is 0 Å². The summed E-state index contributed by atoms with van der Waals surface area (Å²) in [4.78, 5) is 12.3. The minimum atomic E-state index is -0.0917. The summed E-state index contributed by atoms with van der Waals surface area (Å²) in [5, 5.41) is 24.5. The largest absolute Gasteiger partial charge is 0.508 e. The first-order valence-corrected chi connectivity index (χ1v) is 9.49. The summed E-state index contributed by atoms with van der Waals surface area (Å²) in [5.41, 5.74) is 4.22. The molecule has 0 spiro atoms. The fraction of sp³-hybridized carbons (Fsp3) is 0.263. The fourth-order valence-electron chi connectivity index (χ4n) is 2.56. The lowest BCUT2D eigenvalue weighted by Gasteiger charge is -2.15. The number of amides is 1. The molecule has 3 rings (SSSR count). The van der Waals surface area contributed by atoms with Gasteiger partial charge >= 0.3 is 0 Å². The Balaban J connectivity index is 1.60. The maximum Gasteiger partial charge on any atom is 0.230 e. The number of thioether (sulfide) groups is 1. The van der Waals surface area contributed by atoms with Crippen molar-refractivity contribution in [3.8, 4) is 11.4 Å². The SMILES string of the molecule is Cc1ccc(C(C)NC(=O)CSc2nnnn2-c2ccc(O)cc2)cc1C. The van der Waals surface area contributed by atoms with Crippen LogP contribution < -0.4 is 5.32 Å². The minimum Gasteiger partial charge on any atom is -0.508 e. The number of phenolic OH excluding ortho intramolecular Hbond substituents is 1. The van der Waals surface area contributed by atoms with Crippen LogP contribution in [0.15, 0.2) is 47.6 Å². The summed E-state index contributed by atoms with van der Waals surface area (Å²) in [7, 11) is 0.